The number of carbonyl (C=O) groups excluding carboxylic acids is 1. The third-order valence-electron chi connectivity index (χ3n) is 2.35. The van der Waals surface area contributed by atoms with Gasteiger partial charge in [-0.15, -0.1) is 0 Å². The van der Waals surface area contributed by atoms with Gasteiger partial charge in [-0.3, -0.25) is 4.79 Å². The highest BCUT2D eigenvalue weighted by Gasteiger charge is 2.06. The first kappa shape index (κ1) is 12.2. The molecule has 0 saturated carbocycles. The van der Waals surface area contributed by atoms with E-state index < -0.39 is 17.6 Å². The average Bonchev–Trinajstić information content (AvgIpc) is 2.32. The van der Waals surface area contributed by atoms with Crippen LogP contribution in [0.2, 0.25) is 0 Å². The Bertz CT molecular complexity index is 594. The molecule has 0 bridgehead atoms. The third kappa shape index (κ3) is 2.71. The molecule has 2 nitrogen and oxygen atoms in total. The molecule has 0 atom stereocenters. The minimum atomic E-state index is -0.912. The van der Waals surface area contributed by atoms with Gasteiger partial charge >= 0.3 is 5.97 Å². The van der Waals surface area contributed by atoms with Crippen LogP contribution in [0.15, 0.2) is 42.5 Å². The number of rotatable bonds is 2. The van der Waals surface area contributed by atoms with Gasteiger partial charge < -0.3 is 4.74 Å². The molecule has 0 spiro atoms. The molecule has 2 aromatic rings. The van der Waals surface area contributed by atoms with Gasteiger partial charge in [0.25, 0.3) is 0 Å². The topological polar surface area (TPSA) is 26.3 Å². The van der Waals surface area contributed by atoms with E-state index in [9.17, 15) is 13.6 Å². The van der Waals surface area contributed by atoms with Crippen molar-refractivity contribution in [2.75, 3.05) is 0 Å². The Hall–Kier alpha value is -2.23. The Kier molecular flexibility index (Phi) is 3.37. The van der Waals surface area contributed by atoms with E-state index in [1.54, 1.807) is 24.3 Å². The summed E-state index contributed by atoms with van der Waals surface area (Å²) in [4.78, 5) is 10.8. The van der Waals surface area contributed by atoms with Gasteiger partial charge in [0.2, 0.25) is 0 Å². The fourth-order valence-electron chi connectivity index (χ4n) is 1.58. The lowest BCUT2D eigenvalue weighted by Crippen LogP contribution is -2.01. The molecule has 18 heavy (non-hydrogen) atoms. The second kappa shape index (κ2) is 4.96. The van der Waals surface area contributed by atoms with Crippen molar-refractivity contribution in [2.24, 2.45) is 0 Å². The first-order valence-corrected chi connectivity index (χ1v) is 5.30. The van der Waals surface area contributed by atoms with E-state index >= 15 is 0 Å². The lowest BCUT2D eigenvalue weighted by Gasteiger charge is -2.05. The minimum absolute atomic E-state index is 0.365. The molecule has 0 heterocycles. The van der Waals surface area contributed by atoms with Crippen LogP contribution in [-0.2, 0) is 4.79 Å². The predicted molar refractivity (Wildman–Crippen MR) is 63.1 cm³/mol. The maximum absolute atomic E-state index is 13.1. The number of ether oxygens (including phenoxy) is 1. The van der Waals surface area contributed by atoms with Crippen LogP contribution >= 0.6 is 0 Å². The number of hydrogen-bond acceptors (Lipinski definition) is 2. The maximum atomic E-state index is 13.1. The molecule has 0 aliphatic rings. The van der Waals surface area contributed by atoms with Gasteiger partial charge in [-0.1, -0.05) is 18.2 Å². The Labute approximate surface area is 103 Å². The van der Waals surface area contributed by atoms with Gasteiger partial charge in [-0.25, -0.2) is 8.78 Å². The summed E-state index contributed by atoms with van der Waals surface area (Å²) in [6.07, 6.45) is 0. The summed E-state index contributed by atoms with van der Waals surface area (Å²) in [5.74, 6) is -1.87. The molecule has 0 aliphatic carbocycles. The van der Waals surface area contributed by atoms with Crippen molar-refractivity contribution < 1.29 is 18.3 Å². The molecule has 4 heteroatoms. The van der Waals surface area contributed by atoms with Crippen LogP contribution in [0.5, 0.6) is 5.75 Å². The zero-order valence-electron chi connectivity index (χ0n) is 9.61. The van der Waals surface area contributed by atoms with Gasteiger partial charge in [0.1, 0.15) is 5.75 Å². The van der Waals surface area contributed by atoms with Gasteiger partial charge in [0, 0.05) is 6.92 Å². The Morgan fingerprint density at radius 2 is 1.72 bits per heavy atom. The second-order valence-electron chi connectivity index (χ2n) is 3.75. The number of carbonyl (C=O) groups is 1. The Balaban J connectivity index is 2.38. The lowest BCUT2D eigenvalue weighted by molar-refractivity contribution is -0.131. The monoisotopic (exact) mass is 248 g/mol. The number of esters is 1. The number of hydrogen-bond donors (Lipinski definition) is 0. The third-order valence-corrected chi connectivity index (χ3v) is 2.35. The molecule has 0 N–H and O–H groups in total. The first-order chi connectivity index (χ1) is 8.56. The zero-order valence-corrected chi connectivity index (χ0v) is 9.61. The SMILES string of the molecule is CC(=O)Oc1cccc(-c2ccc(F)c(F)c2)c1. The van der Waals surface area contributed by atoms with Crippen molar-refractivity contribution in [3.05, 3.63) is 54.1 Å². The van der Waals surface area contributed by atoms with E-state index in [2.05, 4.69) is 0 Å². The van der Waals surface area contributed by atoms with E-state index in [4.69, 9.17) is 4.74 Å². The molecule has 2 aromatic carbocycles. The summed E-state index contributed by atoms with van der Waals surface area (Å²) >= 11 is 0. The fourth-order valence-corrected chi connectivity index (χ4v) is 1.58. The van der Waals surface area contributed by atoms with Gasteiger partial charge in [0.15, 0.2) is 11.6 Å². The smallest absolute Gasteiger partial charge is 0.308 e. The Morgan fingerprint density at radius 1 is 1.00 bits per heavy atom. The largest absolute Gasteiger partial charge is 0.427 e. The molecule has 0 saturated heterocycles. The highest BCUT2D eigenvalue weighted by atomic mass is 19.2. The molecule has 92 valence electrons. The molecular formula is C14H10F2O2. The van der Waals surface area contributed by atoms with Crippen LogP contribution in [-0.4, -0.2) is 5.97 Å². The quantitative estimate of drug-likeness (QED) is 0.600. The van der Waals surface area contributed by atoms with Gasteiger partial charge in [-0.2, -0.15) is 0 Å². The summed E-state index contributed by atoms with van der Waals surface area (Å²) < 4.78 is 30.9. The minimum Gasteiger partial charge on any atom is -0.427 e. The zero-order chi connectivity index (χ0) is 13.1. The van der Waals surface area contributed by atoms with Gasteiger partial charge in [-0.05, 0) is 35.4 Å². The maximum Gasteiger partial charge on any atom is 0.308 e. The summed E-state index contributed by atoms with van der Waals surface area (Å²) in [6, 6.07) is 10.2. The lowest BCUT2D eigenvalue weighted by atomic mass is 10.1. The molecule has 0 fully saturated rings. The van der Waals surface area contributed by atoms with Gasteiger partial charge in [0.05, 0.1) is 0 Å². The van der Waals surface area contributed by atoms with Crippen LogP contribution < -0.4 is 4.74 Å². The van der Waals surface area contributed by atoms with Crippen LogP contribution in [0.4, 0.5) is 8.78 Å². The normalized spacial score (nSPS) is 10.2. The first-order valence-electron chi connectivity index (χ1n) is 5.30. The summed E-state index contributed by atoms with van der Waals surface area (Å²) in [5.41, 5.74) is 1.16. The van der Waals surface area contributed by atoms with E-state index in [0.717, 1.165) is 12.1 Å². The van der Waals surface area contributed by atoms with E-state index in [1.165, 1.54) is 13.0 Å². The van der Waals surface area contributed by atoms with E-state index in [-0.39, 0.29) is 0 Å². The molecule has 0 unspecified atom stereocenters. The molecule has 2 rings (SSSR count). The second-order valence-corrected chi connectivity index (χ2v) is 3.75. The van der Waals surface area contributed by atoms with Crippen LogP contribution in [0.1, 0.15) is 6.92 Å². The highest BCUT2D eigenvalue weighted by molar-refractivity contribution is 5.71. The standard InChI is InChI=1S/C14H10F2O2/c1-9(17)18-12-4-2-3-10(7-12)11-5-6-13(15)14(16)8-11/h2-8H,1H3. The molecule has 0 aromatic heterocycles. The predicted octanol–water partition coefficient (Wildman–Crippen LogP) is 3.56. The summed E-state index contributed by atoms with van der Waals surface area (Å²) in [6.45, 7) is 1.30. The summed E-state index contributed by atoms with van der Waals surface area (Å²) in [5, 5.41) is 0. The van der Waals surface area contributed by atoms with Crippen molar-refractivity contribution in [3.63, 3.8) is 0 Å². The number of benzene rings is 2. The van der Waals surface area contributed by atoms with E-state index in [0.29, 0.717) is 16.9 Å². The van der Waals surface area contributed by atoms with E-state index in [1.807, 2.05) is 0 Å². The molecular weight excluding hydrogens is 238 g/mol. The van der Waals surface area contributed by atoms with Crippen molar-refractivity contribution in [1.29, 1.82) is 0 Å². The van der Waals surface area contributed by atoms with Crippen molar-refractivity contribution >= 4 is 5.97 Å². The van der Waals surface area contributed by atoms with Crippen LogP contribution in [0.25, 0.3) is 11.1 Å². The van der Waals surface area contributed by atoms with Crippen molar-refractivity contribution in [1.82, 2.24) is 0 Å². The van der Waals surface area contributed by atoms with Crippen LogP contribution in [0, 0.1) is 11.6 Å². The Morgan fingerprint density at radius 3 is 2.39 bits per heavy atom. The van der Waals surface area contributed by atoms with Crippen molar-refractivity contribution in [2.45, 2.75) is 6.92 Å². The molecule has 0 aliphatic heterocycles. The molecule has 0 amide bonds. The number of halogens is 2. The molecule has 0 radical (unpaired) electrons. The fraction of sp³-hybridized carbons (Fsp3) is 0.0714. The van der Waals surface area contributed by atoms with Crippen LogP contribution in [0.3, 0.4) is 0 Å². The van der Waals surface area contributed by atoms with Crippen molar-refractivity contribution in [3.8, 4) is 16.9 Å². The average molecular weight is 248 g/mol. The summed E-state index contributed by atoms with van der Waals surface area (Å²) in [7, 11) is 0. The highest BCUT2D eigenvalue weighted by Crippen LogP contribution is 2.25.